The summed E-state index contributed by atoms with van der Waals surface area (Å²) in [6, 6.07) is 15.2. The van der Waals surface area contributed by atoms with Gasteiger partial charge in [-0.15, -0.1) is 0 Å². The number of halogens is 1. The summed E-state index contributed by atoms with van der Waals surface area (Å²) < 4.78 is 0. The van der Waals surface area contributed by atoms with Crippen molar-refractivity contribution in [1.29, 1.82) is 0 Å². The lowest BCUT2D eigenvalue weighted by molar-refractivity contribution is -0.130. The Morgan fingerprint density at radius 2 is 1.93 bits per heavy atom. The zero-order valence-electron chi connectivity index (χ0n) is 23.7. The van der Waals surface area contributed by atoms with Gasteiger partial charge < -0.3 is 25.4 Å². The summed E-state index contributed by atoms with van der Waals surface area (Å²) in [7, 11) is 3.89. The van der Waals surface area contributed by atoms with Gasteiger partial charge in [-0.1, -0.05) is 41.9 Å². The van der Waals surface area contributed by atoms with Crippen LogP contribution >= 0.6 is 11.6 Å². The number of H-pyrrole nitrogens is 1. The van der Waals surface area contributed by atoms with E-state index in [9.17, 15) is 9.59 Å². The molecule has 1 atom stereocenters. The Morgan fingerprint density at radius 1 is 1.17 bits per heavy atom. The number of rotatable bonds is 8. The summed E-state index contributed by atoms with van der Waals surface area (Å²) in [5.41, 5.74) is 3.69. The van der Waals surface area contributed by atoms with Crippen LogP contribution in [0.2, 0.25) is 0 Å². The molecule has 0 spiro atoms. The quantitative estimate of drug-likeness (QED) is 0.186. The average Bonchev–Trinajstić information content (AvgIpc) is 3.39. The van der Waals surface area contributed by atoms with Gasteiger partial charge in [0, 0.05) is 64.8 Å². The predicted molar refractivity (Wildman–Crippen MR) is 169 cm³/mol. The van der Waals surface area contributed by atoms with Crippen LogP contribution in [-0.2, 0) is 9.59 Å². The second kappa shape index (κ2) is 13.9. The number of likely N-dealkylation sites (N-methyl/N-ethyl adjacent to an activating group) is 1. The van der Waals surface area contributed by atoms with E-state index >= 15 is 0 Å². The number of guanidine groups is 1. The number of aromatic nitrogens is 1. The van der Waals surface area contributed by atoms with Crippen molar-refractivity contribution in [2.75, 3.05) is 44.4 Å². The molecule has 9 nitrogen and oxygen atoms in total. The van der Waals surface area contributed by atoms with Crippen molar-refractivity contribution in [3.63, 3.8) is 0 Å². The number of amides is 2. The summed E-state index contributed by atoms with van der Waals surface area (Å²) in [5, 5.41) is 7.67. The minimum Gasteiger partial charge on any atom is -0.360 e. The third kappa shape index (κ3) is 7.93. The van der Waals surface area contributed by atoms with Crippen LogP contribution in [0.4, 0.5) is 11.4 Å². The molecular formula is C31H36ClN7O2. The maximum absolute atomic E-state index is 13.1. The monoisotopic (exact) mass is 573 g/mol. The van der Waals surface area contributed by atoms with Gasteiger partial charge in [0.15, 0.2) is 0 Å². The van der Waals surface area contributed by atoms with Crippen LogP contribution < -0.4 is 10.6 Å². The number of carbonyl (C=O) groups is 2. The van der Waals surface area contributed by atoms with Crippen LogP contribution in [0.15, 0.2) is 81.9 Å². The molecule has 0 aliphatic carbocycles. The molecule has 214 valence electrons. The van der Waals surface area contributed by atoms with Gasteiger partial charge in [-0.25, -0.2) is 9.98 Å². The van der Waals surface area contributed by atoms with E-state index in [1.165, 1.54) is 0 Å². The van der Waals surface area contributed by atoms with Crippen LogP contribution in [0.25, 0.3) is 16.6 Å². The first kappa shape index (κ1) is 29.8. The van der Waals surface area contributed by atoms with Gasteiger partial charge in [0.25, 0.3) is 0 Å². The summed E-state index contributed by atoms with van der Waals surface area (Å²) in [6.45, 7) is 7.18. The minimum atomic E-state index is -0.283. The molecular weight excluding hydrogens is 538 g/mol. The number of aromatic amines is 1. The standard InChI is InChI=1S/C31H36ClN7O2/c1-21(32)29(26-19-34-27-14-6-5-13-25(26)27)37-31(33-2)36-24-12-7-11-23(18-24)35-30(41)22-10-8-17-39(20-22)28(40)15-9-16-38(3)4/h5-7,9,11-15,18-19,22,34H,2,8,10,16-17,20H2,1,3-4H3,(H,35,41)(H,36,37)/b15-9+,29-21+/t22-/m0/s1. The number of nitrogens with one attached hydrogen (secondary N) is 3. The lowest BCUT2D eigenvalue weighted by atomic mass is 9.97. The largest absolute Gasteiger partial charge is 0.360 e. The maximum Gasteiger partial charge on any atom is 0.246 e. The van der Waals surface area contributed by atoms with E-state index in [2.05, 4.69) is 32.3 Å². The lowest BCUT2D eigenvalue weighted by Crippen LogP contribution is -2.43. The molecule has 1 fully saturated rings. The Hall–Kier alpha value is -4.21. The number of nitrogens with zero attached hydrogens (tertiary/aromatic N) is 4. The highest BCUT2D eigenvalue weighted by Gasteiger charge is 2.27. The minimum absolute atomic E-state index is 0.0625. The second-order valence-corrected chi connectivity index (χ2v) is 10.8. The molecule has 3 N–H and O–H groups in total. The molecule has 1 aliphatic rings. The summed E-state index contributed by atoms with van der Waals surface area (Å²) in [4.78, 5) is 41.4. The first-order chi connectivity index (χ1) is 19.7. The van der Waals surface area contributed by atoms with Gasteiger partial charge in [-0.3, -0.25) is 9.59 Å². The number of fused-ring (bicyclic) bond motifs is 1. The highest BCUT2D eigenvalue weighted by molar-refractivity contribution is 6.32. The van der Waals surface area contributed by atoms with Gasteiger partial charge in [-0.05, 0) is 64.8 Å². The fraction of sp³-hybridized carbons (Fsp3) is 0.290. The zero-order chi connectivity index (χ0) is 29.4. The summed E-state index contributed by atoms with van der Waals surface area (Å²) >= 11 is 6.45. The van der Waals surface area contributed by atoms with E-state index in [4.69, 9.17) is 11.6 Å². The third-order valence-corrected chi connectivity index (χ3v) is 6.94. The number of aliphatic imine (C=N–C) groups is 2. The van der Waals surface area contributed by atoms with Crippen molar-refractivity contribution in [3.8, 4) is 0 Å². The fourth-order valence-electron chi connectivity index (χ4n) is 4.71. The topological polar surface area (TPSA) is 105 Å². The average molecular weight is 574 g/mol. The number of likely N-dealkylation sites (tertiary alicyclic amines) is 1. The molecule has 3 aromatic rings. The fourth-order valence-corrected chi connectivity index (χ4v) is 4.85. The van der Waals surface area contributed by atoms with Crippen LogP contribution in [0.1, 0.15) is 25.3 Å². The number of piperidine rings is 1. The normalized spacial score (nSPS) is 16.7. The zero-order valence-corrected chi connectivity index (χ0v) is 24.4. The van der Waals surface area contributed by atoms with E-state index in [1.54, 1.807) is 24.0 Å². The number of benzene rings is 2. The van der Waals surface area contributed by atoms with Crippen molar-refractivity contribution in [2.24, 2.45) is 15.9 Å². The smallest absolute Gasteiger partial charge is 0.246 e. The SMILES string of the molecule is C=NC(=N/C(=C(\C)Cl)c1c[nH]c2ccccc12)Nc1cccc(NC(=O)[C@H]2CCCN(C(=O)/C=C/CN(C)C)C2)c1. The number of allylic oxidation sites excluding steroid dienone is 1. The van der Waals surface area contributed by atoms with Gasteiger partial charge >= 0.3 is 0 Å². The van der Waals surface area contributed by atoms with Gasteiger partial charge in [0.05, 0.1) is 11.6 Å². The number of para-hydroxylation sites is 1. The second-order valence-electron chi connectivity index (χ2n) is 10.2. The first-order valence-electron chi connectivity index (χ1n) is 13.5. The molecule has 2 amide bonds. The van der Waals surface area contributed by atoms with Crippen molar-refractivity contribution in [2.45, 2.75) is 19.8 Å². The molecule has 41 heavy (non-hydrogen) atoms. The number of carbonyl (C=O) groups excluding carboxylic acids is 2. The van der Waals surface area contributed by atoms with Gasteiger partial charge in [0.2, 0.25) is 17.8 Å². The van der Waals surface area contributed by atoms with Gasteiger partial charge in [0.1, 0.15) is 0 Å². The van der Waals surface area contributed by atoms with Crippen molar-refractivity contribution < 1.29 is 9.59 Å². The number of hydrogen-bond donors (Lipinski definition) is 3. The summed E-state index contributed by atoms with van der Waals surface area (Å²) in [5.74, 6) is -0.200. The molecule has 2 heterocycles. The molecule has 4 rings (SSSR count). The molecule has 0 saturated carbocycles. The van der Waals surface area contributed by atoms with Crippen molar-refractivity contribution in [1.82, 2.24) is 14.8 Å². The van der Waals surface area contributed by atoms with Crippen LogP contribution in [0.5, 0.6) is 0 Å². The van der Waals surface area contributed by atoms with E-state index in [0.29, 0.717) is 41.7 Å². The molecule has 0 unspecified atom stereocenters. The van der Waals surface area contributed by atoms with E-state index in [0.717, 1.165) is 29.3 Å². The highest BCUT2D eigenvalue weighted by atomic mass is 35.5. The molecule has 2 aromatic carbocycles. The number of anilines is 2. The highest BCUT2D eigenvalue weighted by Crippen LogP contribution is 2.30. The predicted octanol–water partition coefficient (Wildman–Crippen LogP) is 5.56. The molecule has 10 heteroatoms. The van der Waals surface area contributed by atoms with E-state index in [1.807, 2.05) is 73.7 Å². The Labute approximate surface area is 245 Å². The lowest BCUT2D eigenvalue weighted by Gasteiger charge is -2.31. The molecule has 1 aliphatic heterocycles. The molecule has 1 aromatic heterocycles. The molecule has 0 radical (unpaired) electrons. The molecule has 1 saturated heterocycles. The van der Waals surface area contributed by atoms with Crippen LogP contribution in [-0.4, -0.2) is 73.0 Å². The van der Waals surface area contributed by atoms with Crippen LogP contribution in [0, 0.1) is 5.92 Å². The Bertz CT molecular complexity index is 1500. The Morgan fingerprint density at radius 3 is 2.66 bits per heavy atom. The maximum atomic E-state index is 13.1. The summed E-state index contributed by atoms with van der Waals surface area (Å²) in [6.07, 6.45) is 6.81. The molecule has 0 bridgehead atoms. The van der Waals surface area contributed by atoms with Crippen molar-refractivity contribution in [3.05, 3.63) is 77.5 Å². The first-order valence-corrected chi connectivity index (χ1v) is 13.9. The van der Waals surface area contributed by atoms with Crippen molar-refractivity contribution >= 4 is 64.1 Å². The number of hydrogen-bond acceptors (Lipinski definition) is 4. The third-order valence-electron chi connectivity index (χ3n) is 6.76. The van der Waals surface area contributed by atoms with E-state index in [-0.39, 0.29) is 23.7 Å². The Kier molecular flexibility index (Phi) is 10.1. The van der Waals surface area contributed by atoms with Gasteiger partial charge in [-0.2, -0.15) is 0 Å². The Balaban J connectivity index is 1.44. The van der Waals surface area contributed by atoms with E-state index < -0.39 is 0 Å². The van der Waals surface area contributed by atoms with Crippen LogP contribution in [0.3, 0.4) is 0 Å².